The molecule has 1 atom stereocenters. The third-order valence-electron chi connectivity index (χ3n) is 4.89. The summed E-state index contributed by atoms with van der Waals surface area (Å²) in [6.45, 7) is 2.75. The molecule has 0 N–H and O–H groups in total. The van der Waals surface area contributed by atoms with Crippen LogP contribution in [0.5, 0.6) is 23.0 Å². The van der Waals surface area contributed by atoms with Crippen LogP contribution in [-0.2, 0) is 17.8 Å². The summed E-state index contributed by atoms with van der Waals surface area (Å²) < 4.78 is 22.0. The molecule has 2 aliphatic heterocycles. The molecule has 2 aromatic carbocycles. The number of carbonyl (C=O) groups excluding carboxylic acids is 1. The van der Waals surface area contributed by atoms with Gasteiger partial charge in [0.05, 0.1) is 7.11 Å². The van der Waals surface area contributed by atoms with Gasteiger partial charge in [0, 0.05) is 37.2 Å². The predicted molar refractivity (Wildman–Crippen MR) is 105 cm³/mol. The number of likely N-dealkylation sites (N-methyl/N-ethyl adjacent to an activating group) is 1. The van der Waals surface area contributed by atoms with Gasteiger partial charge in [-0.15, -0.1) is 0 Å². The molecule has 28 heavy (non-hydrogen) atoms. The minimum atomic E-state index is -0.102. The Balaban J connectivity index is 1.46. The topological polar surface area (TPSA) is 57.2 Å². The van der Waals surface area contributed by atoms with Gasteiger partial charge in [-0.2, -0.15) is 0 Å². The summed E-state index contributed by atoms with van der Waals surface area (Å²) in [7, 11) is 3.40. The van der Waals surface area contributed by atoms with Crippen molar-refractivity contribution < 1.29 is 23.7 Å². The maximum absolute atomic E-state index is 12.6. The summed E-state index contributed by atoms with van der Waals surface area (Å²) in [5, 5.41) is 0. The van der Waals surface area contributed by atoms with E-state index in [2.05, 4.69) is 0 Å². The number of methoxy groups -OCH3 is 1. The smallest absolute Gasteiger partial charge is 0.246 e. The molecular formula is C22H23NO5. The molecule has 1 amide bonds. The molecule has 6 nitrogen and oxygen atoms in total. The lowest BCUT2D eigenvalue weighted by Crippen LogP contribution is -2.24. The highest BCUT2D eigenvalue weighted by molar-refractivity contribution is 5.92. The van der Waals surface area contributed by atoms with E-state index in [0.29, 0.717) is 12.3 Å². The minimum Gasteiger partial charge on any atom is -0.496 e. The van der Waals surface area contributed by atoms with Crippen LogP contribution >= 0.6 is 0 Å². The van der Waals surface area contributed by atoms with E-state index in [9.17, 15) is 4.79 Å². The number of carbonyl (C=O) groups is 1. The quantitative estimate of drug-likeness (QED) is 0.743. The zero-order valence-electron chi connectivity index (χ0n) is 16.2. The number of rotatable bonds is 5. The summed E-state index contributed by atoms with van der Waals surface area (Å²) in [6.07, 6.45) is 4.35. The summed E-state index contributed by atoms with van der Waals surface area (Å²) in [5.74, 6) is 2.94. The first kappa shape index (κ1) is 18.2. The van der Waals surface area contributed by atoms with Gasteiger partial charge in [-0.1, -0.05) is 6.07 Å². The van der Waals surface area contributed by atoms with Crippen molar-refractivity contribution in [2.24, 2.45) is 0 Å². The van der Waals surface area contributed by atoms with Crippen LogP contribution < -0.4 is 18.9 Å². The first-order valence-electron chi connectivity index (χ1n) is 9.23. The molecule has 0 radical (unpaired) electrons. The fourth-order valence-corrected chi connectivity index (χ4v) is 3.44. The lowest BCUT2D eigenvalue weighted by atomic mass is 10.1. The van der Waals surface area contributed by atoms with Crippen LogP contribution in [0.15, 0.2) is 36.4 Å². The van der Waals surface area contributed by atoms with E-state index in [1.807, 2.05) is 37.3 Å². The van der Waals surface area contributed by atoms with Gasteiger partial charge in [-0.3, -0.25) is 4.79 Å². The second-order valence-electron chi connectivity index (χ2n) is 7.05. The molecule has 0 fully saturated rings. The molecule has 1 unspecified atom stereocenters. The minimum absolute atomic E-state index is 0.102. The monoisotopic (exact) mass is 381 g/mol. The Morgan fingerprint density at radius 3 is 2.86 bits per heavy atom. The van der Waals surface area contributed by atoms with Gasteiger partial charge in [-0.05, 0) is 42.8 Å². The van der Waals surface area contributed by atoms with E-state index < -0.39 is 0 Å². The SMILES string of the molecule is COc1cc2c(cc1C=CC(=O)N(C)Cc1ccc3c(c1)OCO3)OC(C)C2. The van der Waals surface area contributed by atoms with E-state index in [4.69, 9.17) is 18.9 Å². The van der Waals surface area contributed by atoms with Crippen LogP contribution in [-0.4, -0.2) is 37.9 Å². The Morgan fingerprint density at radius 1 is 1.21 bits per heavy atom. The van der Waals surface area contributed by atoms with Crippen LogP contribution in [0.2, 0.25) is 0 Å². The van der Waals surface area contributed by atoms with E-state index in [1.54, 1.807) is 31.2 Å². The molecule has 0 saturated heterocycles. The van der Waals surface area contributed by atoms with Crippen LogP contribution in [0.25, 0.3) is 6.08 Å². The Hall–Kier alpha value is -3.15. The highest BCUT2D eigenvalue weighted by atomic mass is 16.7. The van der Waals surface area contributed by atoms with Crippen LogP contribution in [0.1, 0.15) is 23.6 Å². The van der Waals surface area contributed by atoms with Crippen molar-refractivity contribution in [1.82, 2.24) is 4.90 Å². The second-order valence-corrected chi connectivity index (χ2v) is 7.05. The molecule has 2 aliphatic rings. The first-order valence-corrected chi connectivity index (χ1v) is 9.23. The normalized spacial score (nSPS) is 16.8. The molecule has 6 heteroatoms. The third kappa shape index (κ3) is 3.63. The molecule has 2 heterocycles. The predicted octanol–water partition coefficient (Wildman–Crippen LogP) is 3.42. The maximum atomic E-state index is 12.6. The van der Waals surface area contributed by atoms with E-state index in [0.717, 1.165) is 40.4 Å². The Kier molecular flexibility index (Phi) is 4.86. The summed E-state index contributed by atoms with van der Waals surface area (Å²) >= 11 is 0. The molecule has 4 rings (SSSR count). The standard InChI is InChI=1S/C22H23NO5/c1-14-8-17-11-19(25-3)16(10-20(17)28-14)5-7-22(24)23(2)12-15-4-6-18-21(9-15)27-13-26-18/h4-7,9-11,14H,8,12-13H2,1-3H3. The lowest BCUT2D eigenvalue weighted by molar-refractivity contribution is -0.125. The van der Waals surface area contributed by atoms with Crippen molar-refractivity contribution in [2.75, 3.05) is 21.0 Å². The molecular weight excluding hydrogens is 358 g/mol. The number of hydrogen-bond acceptors (Lipinski definition) is 5. The summed E-state index contributed by atoms with van der Waals surface area (Å²) in [4.78, 5) is 14.2. The first-order chi connectivity index (χ1) is 13.5. The molecule has 0 spiro atoms. The summed E-state index contributed by atoms with van der Waals surface area (Å²) in [6, 6.07) is 9.61. The number of benzene rings is 2. The molecule has 146 valence electrons. The van der Waals surface area contributed by atoms with Gasteiger partial charge in [0.15, 0.2) is 11.5 Å². The van der Waals surface area contributed by atoms with Gasteiger partial charge in [-0.25, -0.2) is 0 Å². The number of hydrogen-bond donors (Lipinski definition) is 0. The largest absolute Gasteiger partial charge is 0.496 e. The number of nitrogens with zero attached hydrogens (tertiary/aromatic N) is 1. The molecule has 0 aliphatic carbocycles. The average molecular weight is 381 g/mol. The van der Waals surface area contributed by atoms with Crippen molar-refractivity contribution in [3.8, 4) is 23.0 Å². The van der Waals surface area contributed by atoms with Crippen molar-refractivity contribution >= 4 is 12.0 Å². The summed E-state index contributed by atoms with van der Waals surface area (Å²) in [5.41, 5.74) is 2.93. The van der Waals surface area contributed by atoms with Crippen molar-refractivity contribution in [2.45, 2.75) is 26.0 Å². The van der Waals surface area contributed by atoms with Crippen molar-refractivity contribution in [3.63, 3.8) is 0 Å². The fraction of sp³-hybridized carbons (Fsp3) is 0.318. The highest BCUT2D eigenvalue weighted by Crippen LogP contribution is 2.36. The number of ether oxygens (including phenoxy) is 4. The van der Waals surface area contributed by atoms with Crippen molar-refractivity contribution in [3.05, 3.63) is 53.1 Å². The Labute approximate surface area is 164 Å². The van der Waals surface area contributed by atoms with Gasteiger partial charge in [0.25, 0.3) is 0 Å². The number of fused-ring (bicyclic) bond motifs is 2. The van der Waals surface area contributed by atoms with Crippen LogP contribution in [0, 0.1) is 0 Å². The Bertz CT molecular complexity index is 937. The zero-order valence-corrected chi connectivity index (χ0v) is 16.2. The Morgan fingerprint density at radius 2 is 2.04 bits per heavy atom. The highest BCUT2D eigenvalue weighted by Gasteiger charge is 2.21. The zero-order chi connectivity index (χ0) is 19.7. The van der Waals surface area contributed by atoms with Crippen LogP contribution in [0.4, 0.5) is 0 Å². The van der Waals surface area contributed by atoms with E-state index >= 15 is 0 Å². The van der Waals surface area contributed by atoms with Gasteiger partial charge >= 0.3 is 0 Å². The van der Waals surface area contributed by atoms with Gasteiger partial charge in [0.2, 0.25) is 12.7 Å². The molecule has 0 aromatic heterocycles. The molecule has 0 bridgehead atoms. The fourth-order valence-electron chi connectivity index (χ4n) is 3.44. The molecule has 2 aromatic rings. The second kappa shape index (κ2) is 7.46. The average Bonchev–Trinajstić information content (AvgIpc) is 3.29. The van der Waals surface area contributed by atoms with Gasteiger partial charge in [0.1, 0.15) is 17.6 Å². The van der Waals surface area contributed by atoms with Gasteiger partial charge < -0.3 is 23.8 Å². The van der Waals surface area contributed by atoms with Crippen molar-refractivity contribution in [1.29, 1.82) is 0 Å². The third-order valence-corrected chi connectivity index (χ3v) is 4.89. The maximum Gasteiger partial charge on any atom is 0.246 e. The number of amides is 1. The van der Waals surface area contributed by atoms with E-state index in [1.165, 1.54) is 0 Å². The van der Waals surface area contributed by atoms with Crippen LogP contribution in [0.3, 0.4) is 0 Å². The lowest BCUT2D eigenvalue weighted by Gasteiger charge is -2.15. The molecule has 0 saturated carbocycles. The van der Waals surface area contributed by atoms with E-state index in [-0.39, 0.29) is 18.8 Å².